The van der Waals surface area contributed by atoms with Crippen LogP contribution in [0.3, 0.4) is 0 Å². The Bertz CT molecular complexity index is 420. The zero-order valence-electron chi connectivity index (χ0n) is 12.5. The summed E-state index contributed by atoms with van der Waals surface area (Å²) in [6.45, 7) is 4.03. The van der Waals surface area contributed by atoms with E-state index in [1.807, 2.05) is 0 Å². The van der Waals surface area contributed by atoms with Crippen molar-refractivity contribution in [2.24, 2.45) is 0 Å². The van der Waals surface area contributed by atoms with Gasteiger partial charge in [-0.2, -0.15) is 0 Å². The van der Waals surface area contributed by atoms with E-state index in [-0.39, 0.29) is 24.6 Å². The van der Waals surface area contributed by atoms with E-state index in [1.54, 1.807) is 0 Å². The van der Waals surface area contributed by atoms with Crippen LogP contribution in [0, 0.1) is 0 Å². The molecular formula is C12H22N2O6P-. The lowest BCUT2D eigenvalue weighted by atomic mass is 10.1. The molecule has 0 spiro atoms. The molecule has 2 unspecified atom stereocenters. The van der Waals surface area contributed by atoms with Crippen LogP contribution in [0.2, 0.25) is 0 Å². The molecule has 2 N–H and O–H groups in total. The Morgan fingerprint density at radius 3 is 2.33 bits per heavy atom. The van der Waals surface area contributed by atoms with Crippen LogP contribution < -0.4 is 15.5 Å². The molecule has 0 aromatic heterocycles. The molecule has 0 saturated heterocycles. The van der Waals surface area contributed by atoms with Crippen LogP contribution in [0.5, 0.6) is 0 Å². The van der Waals surface area contributed by atoms with Gasteiger partial charge in [0.25, 0.3) is 0 Å². The van der Waals surface area contributed by atoms with Crippen molar-refractivity contribution in [1.29, 1.82) is 0 Å². The Kier molecular flexibility index (Phi) is 9.08. The monoisotopic (exact) mass is 321 g/mol. The second kappa shape index (κ2) is 9.65. The number of hydrogen-bond donors (Lipinski definition) is 2. The number of urea groups is 1. The second-order valence-corrected chi connectivity index (χ2v) is 6.58. The summed E-state index contributed by atoms with van der Waals surface area (Å²) in [6, 6.07) is -1.36. The zero-order chi connectivity index (χ0) is 16.5. The first-order valence-electron chi connectivity index (χ1n) is 6.59. The fraction of sp³-hybridized carbons (Fsp3) is 0.750. The van der Waals surface area contributed by atoms with Crippen molar-refractivity contribution in [2.45, 2.75) is 39.2 Å². The van der Waals surface area contributed by atoms with E-state index in [0.29, 0.717) is 19.4 Å². The Hall–Kier alpha value is -1.24. The van der Waals surface area contributed by atoms with E-state index >= 15 is 0 Å². The third-order valence-corrected chi connectivity index (χ3v) is 3.12. The minimum atomic E-state index is -3.70. The summed E-state index contributed by atoms with van der Waals surface area (Å²) in [6.07, 6.45) is 0.973. The molecule has 0 aromatic carbocycles. The van der Waals surface area contributed by atoms with E-state index in [9.17, 15) is 23.8 Å². The Balaban J connectivity index is 3.86. The first-order valence-corrected chi connectivity index (χ1v) is 8.58. The van der Waals surface area contributed by atoms with Gasteiger partial charge in [0.05, 0.1) is 12.6 Å². The van der Waals surface area contributed by atoms with Gasteiger partial charge in [0, 0.05) is 19.6 Å². The lowest BCUT2D eigenvalue weighted by Gasteiger charge is -2.17. The minimum absolute atomic E-state index is 0.0358. The molecule has 2 atom stereocenters. The average molecular weight is 321 g/mol. The van der Waals surface area contributed by atoms with E-state index in [0.717, 1.165) is 6.66 Å². The summed E-state index contributed by atoms with van der Waals surface area (Å²) in [5, 5.41) is 4.94. The highest BCUT2D eigenvalue weighted by atomic mass is 31.2. The van der Waals surface area contributed by atoms with Gasteiger partial charge in [-0.05, 0) is 26.7 Å². The number of rotatable bonds is 10. The first-order chi connectivity index (χ1) is 9.61. The van der Waals surface area contributed by atoms with Gasteiger partial charge in [-0.1, -0.05) is 0 Å². The first kappa shape index (κ1) is 19.8. The number of nitrogens with one attached hydrogen (secondary N) is 2. The van der Waals surface area contributed by atoms with Crippen LogP contribution in [0.15, 0.2) is 0 Å². The number of ketones is 2. The number of amides is 2. The van der Waals surface area contributed by atoms with E-state index in [4.69, 9.17) is 0 Å². The largest absolute Gasteiger partial charge is 0.779 e. The van der Waals surface area contributed by atoms with Crippen molar-refractivity contribution in [3.05, 3.63) is 0 Å². The number of unbranched alkanes of at least 4 members (excludes halogenated alkanes) is 1. The average Bonchev–Trinajstić information content (AvgIpc) is 2.30. The fourth-order valence-electron chi connectivity index (χ4n) is 1.45. The lowest BCUT2D eigenvalue weighted by molar-refractivity contribution is -0.196. The van der Waals surface area contributed by atoms with Crippen LogP contribution in [-0.2, 0) is 18.7 Å². The normalized spacial score (nSPS) is 14.9. The predicted molar refractivity (Wildman–Crippen MR) is 75.0 cm³/mol. The van der Waals surface area contributed by atoms with Gasteiger partial charge < -0.3 is 24.6 Å². The molecule has 0 fully saturated rings. The summed E-state index contributed by atoms with van der Waals surface area (Å²) in [4.78, 5) is 44.5. The molecule has 8 nitrogen and oxygen atoms in total. The molecule has 2 amide bonds. The highest BCUT2D eigenvalue weighted by molar-refractivity contribution is 7.50. The number of carbonyl (C=O) groups excluding carboxylic acids is 3. The maximum atomic E-state index is 11.5. The third kappa shape index (κ3) is 12.2. The van der Waals surface area contributed by atoms with Gasteiger partial charge in [-0.25, -0.2) is 4.79 Å². The number of carbonyl (C=O) groups is 3. The highest BCUT2D eigenvalue weighted by Crippen LogP contribution is 2.30. The lowest BCUT2D eigenvalue weighted by Crippen LogP contribution is -2.46. The molecule has 9 heteroatoms. The van der Waals surface area contributed by atoms with Crippen molar-refractivity contribution in [3.8, 4) is 0 Å². The quantitative estimate of drug-likeness (QED) is 0.437. The summed E-state index contributed by atoms with van der Waals surface area (Å²) in [5.41, 5.74) is 0. The van der Waals surface area contributed by atoms with E-state index < -0.39 is 19.7 Å². The van der Waals surface area contributed by atoms with Crippen LogP contribution in [0.4, 0.5) is 4.79 Å². The molecule has 0 aliphatic rings. The maximum absolute atomic E-state index is 11.5. The van der Waals surface area contributed by atoms with Crippen LogP contribution >= 0.6 is 7.60 Å². The topological polar surface area (TPSA) is 125 Å². The molecule has 0 saturated carbocycles. The molecule has 0 aromatic rings. The van der Waals surface area contributed by atoms with Gasteiger partial charge in [0.1, 0.15) is 13.4 Å². The molecule has 0 bridgehead atoms. The summed E-state index contributed by atoms with van der Waals surface area (Å²) < 4.78 is 15.3. The summed E-state index contributed by atoms with van der Waals surface area (Å²) in [5.74, 6) is -0.475. The van der Waals surface area contributed by atoms with Crippen LogP contribution in [0.1, 0.15) is 33.1 Å². The Labute approximate surface area is 124 Å². The molecule has 0 rings (SSSR count). The standard InChI is InChI=1S/C12H23N2O6P/c1-9(15)8-11(10(2)16)14-12(17)13-6-4-5-7-20-21(3,18)19/h11H,4-8H2,1-3H3,(H,18,19)(H2,13,14,17)/p-1. The molecule has 0 aliphatic carbocycles. The number of Topliss-reactive ketones (excluding diaryl/α,β-unsaturated/α-hetero) is 2. The molecule has 21 heavy (non-hydrogen) atoms. The molecular weight excluding hydrogens is 299 g/mol. The molecule has 0 radical (unpaired) electrons. The maximum Gasteiger partial charge on any atom is 0.315 e. The van der Waals surface area contributed by atoms with Gasteiger partial charge >= 0.3 is 6.03 Å². The van der Waals surface area contributed by atoms with Crippen LogP contribution in [0.25, 0.3) is 0 Å². The second-order valence-electron chi connectivity index (χ2n) is 4.78. The zero-order valence-corrected chi connectivity index (χ0v) is 13.4. The van der Waals surface area contributed by atoms with Crippen molar-refractivity contribution in [2.75, 3.05) is 19.8 Å². The summed E-state index contributed by atoms with van der Waals surface area (Å²) >= 11 is 0. The molecule has 0 aliphatic heterocycles. The van der Waals surface area contributed by atoms with Gasteiger partial charge in [0.15, 0.2) is 5.78 Å². The van der Waals surface area contributed by atoms with Gasteiger partial charge in [-0.15, -0.1) is 0 Å². The van der Waals surface area contributed by atoms with Crippen molar-refractivity contribution >= 4 is 25.2 Å². The Morgan fingerprint density at radius 2 is 1.86 bits per heavy atom. The minimum Gasteiger partial charge on any atom is -0.779 e. The summed E-state index contributed by atoms with van der Waals surface area (Å²) in [7, 11) is -3.70. The molecule has 0 heterocycles. The van der Waals surface area contributed by atoms with Crippen LogP contribution in [-0.4, -0.2) is 43.5 Å². The van der Waals surface area contributed by atoms with Gasteiger partial charge in [0.2, 0.25) is 0 Å². The predicted octanol–water partition coefficient (Wildman–Crippen LogP) is 0.202. The Morgan fingerprint density at radius 1 is 1.24 bits per heavy atom. The smallest absolute Gasteiger partial charge is 0.315 e. The third-order valence-electron chi connectivity index (χ3n) is 2.47. The molecule has 122 valence electrons. The van der Waals surface area contributed by atoms with Crippen molar-refractivity contribution < 1.29 is 28.4 Å². The van der Waals surface area contributed by atoms with Crippen molar-refractivity contribution in [3.63, 3.8) is 0 Å². The van der Waals surface area contributed by atoms with Gasteiger partial charge in [-0.3, -0.25) is 9.59 Å². The fourth-order valence-corrected chi connectivity index (χ4v) is 1.91. The van der Waals surface area contributed by atoms with Crippen molar-refractivity contribution in [1.82, 2.24) is 10.6 Å². The number of hydrogen-bond acceptors (Lipinski definition) is 6. The SMILES string of the molecule is CC(=O)CC(NC(=O)NCCCCOP(C)(=O)[O-])C(C)=O. The van der Waals surface area contributed by atoms with E-state index in [2.05, 4.69) is 15.2 Å². The van der Waals surface area contributed by atoms with E-state index in [1.165, 1.54) is 13.8 Å². The highest BCUT2D eigenvalue weighted by Gasteiger charge is 2.18.